The van der Waals surface area contributed by atoms with E-state index in [2.05, 4.69) is 5.32 Å². The average molecular weight is 252 g/mol. The van der Waals surface area contributed by atoms with Gasteiger partial charge >= 0.3 is 12.0 Å². The number of nitrogens with zero attached hydrogens (tertiary/aromatic N) is 1. The van der Waals surface area contributed by atoms with Gasteiger partial charge < -0.3 is 19.7 Å². The number of carboxylic acids is 1. The van der Waals surface area contributed by atoms with Crippen LogP contribution in [-0.2, 0) is 11.3 Å². The molecule has 1 aliphatic rings. The molecule has 1 aromatic heterocycles. The molecule has 2 heterocycles. The van der Waals surface area contributed by atoms with Crippen molar-refractivity contribution < 1.29 is 19.1 Å². The molecule has 0 aliphatic carbocycles. The fourth-order valence-corrected chi connectivity index (χ4v) is 2.22. The first-order valence-electron chi connectivity index (χ1n) is 5.88. The Morgan fingerprint density at radius 3 is 3.00 bits per heavy atom. The van der Waals surface area contributed by atoms with Crippen molar-refractivity contribution in [2.45, 2.75) is 25.9 Å². The average Bonchev–Trinajstić information content (AvgIpc) is 2.94. The summed E-state index contributed by atoms with van der Waals surface area (Å²) in [6.45, 7) is 2.67. The Morgan fingerprint density at radius 2 is 2.39 bits per heavy atom. The molecular formula is C12H16N2O4. The number of urea groups is 1. The number of hydrogen-bond acceptors (Lipinski definition) is 3. The lowest BCUT2D eigenvalue weighted by atomic mass is 10.0. The second-order valence-electron chi connectivity index (χ2n) is 4.53. The van der Waals surface area contributed by atoms with E-state index in [4.69, 9.17) is 9.52 Å². The van der Waals surface area contributed by atoms with Gasteiger partial charge in [-0.25, -0.2) is 9.59 Å². The lowest BCUT2D eigenvalue weighted by Gasteiger charge is -2.23. The van der Waals surface area contributed by atoms with Gasteiger partial charge in [0.15, 0.2) is 0 Å². The summed E-state index contributed by atoms with van der Waals surface area (Å²) in [6, 6.07) is 0.684. The van der Waals surface area contributed by atoms with Gasteiger partial charge in [0.25, 0.3) is 0 Å². The molecule has 1 fully saturated rings. The van der Waals surface area contributed by atoms with Gasteiger partial charge in [0.2, 0.25) is 0 Å². The number of furan rings is 1. The van der Waals surface area contributed by atoms with Crippen LogP contribution in [0.2, 0.25) is 0 Å². The van der Waals surface area contributed by atoms with Crippen LogP contribution in [0.1, 0.15) is 18.9 Å². The van der Waals surface area contributed by atoms with E-state index in [0.717, 1.165) is 12.0 Å². The molecule has 2 N–H and O–H groups in total. The molecule has 6 nitrogen and oxygen atoms in total. The van der Waals surface area contributed by atoms with Crippen molar-refractivity contribution in [3.8, 4) is 0 Å². The van der Waals surface area contributed by atoms with E-state index in [1.807, 2.05) is 6.92 Å². The van der Waals surface area contributed by atoms with Crippen molar-refractivity contribution in [2.75, 3.05) is 6.54 Å². The predicted molar refractivity (Wildman–Crippen MR) is 62.9 cm³/mol. The second kappa shape index (κ2) is 5.12. The zero-order chi connectivity index (χ0) is 13.1. The first-order chi connectivity index (χ1) is 8.59. The van der Waals surface area contributed by atoms with E-state index in [9.17, 15) is 9.59 Å². The van der Waals surface area contributed by atoms with Gasteiger partial charge in [0, 0.05) is 18.7 Å². The summed E-state index contributed by atoms with van der Waals surface area (Å²) in [5.41, 5.74) is 0.850. The lowest BCUT2D eigenvalue weighted by molar-refractivity contribution is -0.142. The molecule has 0 bridgehead atoms. The Kier molecular flexibility index (Phi) is 3.55. The standard InChI is InChI=1S/C12H16N2O4/c1-8-2-4-14(10(8)11(15)16)12(17)13-6-9-3-5-18-7-9/h3,5,7-8,10H,2,4,6H2,1H3,(H,13,17)(H,15,16). The van der Waals surface area contributed by atoms with Crippen LogP contribution in [0.15, 0.2) is 23.0 Å². The Labute approximate surface area is 105 Å². The Balaban J connectivity index is 1.94. The van der Waals surface area contributed by atoms with E-state index >= 15 is 0 Å². The molecule has 1 aliphatic heterocycles. The Hall–Kier alpha value is -1.98. The number of likely N-dealkylation sites (tertiary alicyclic amines) is 1. The van der Waals surface area contributed by atoms with Gasteiger partial charge in [-0.15, -0.1) is 0 Å². The molecule has 0 spiro atoms. The van der Waals surface area contributed by atoms with Crippen LogP contribution in [0.4, 0.5) is 4.79 Å². The largest absolute Gasteiger partial charge is 0.480 e. The molecule has 18 heavy (non-hydrogen) atoms. The molecule has 1 aromatic rings. The number of hydrogen-bond donors (Lipinski definition) is 2. The van der Waals surface area contributed by atoms with E-state index in [-0.39, 0.29) is 11.9 Å². The topological polar surface area (TPSA) is 82.8 Å². The number of carboxylic acid groups (broad SMARTS) is 1. The van der Waals surface area contributed by atoms with Crippen LogP contribution in [-0.4, -0.2) is 34.6 Å². The quantitative estimate of drug-likeness (QED) is 0.849. The van der Waals surface area contributed by atoms with Crippen molar-refractivity contribution in [3.63, 3.8) is 0 Å². The molecule has 0 radical (unpaired) electrons. The molecule has 6 heteroatoms. The monoisotopic (exact) mass is 252 g/mol. The Morgan fingerprint density at radius 1 is 1.61 bits per heavy atom. The van der Waals surface area contributed by atoms with Crippen molar-refractivity contribution in [3.05, 3.63) is 24.2 Å². The lowest BCUT2D eigenvalue weighted by Crippen LogP contribution is -2.47. The fourth-order valence-electron chi connectivity index (χ4n) is 2.22. The molecule has 2 rings (SSSR count). The maximum atomic E-state index is 11.9. The maximum absolute atomic E-state index is 11.9. The fraction of sp³-hybridized carbons (Fsp3) is 0.500. The molecule has 98 valence electrons. The molecule has 0 saturated carbocycles. The third kappa shape index (κ3) is 2.47. The summed E-state index contributed by atoms with van der Waals surface area (Å²) in [6.07, 6.45) is 3.79. The SMILES string of the molecule is CC1CCN(C(=O)NCc2ccoc2)C1C(=O)O. The van der Waals surface area contributed by atoms with E-state index in [1.54, 1.807) is 12.3 Å². The second-order valence-corrected chi connectivity index (χ2v) is 4.53. The van der Waals surface area contributed by atoms with Gasteiger partial charge in [0.1, 0.15) is 6.04 Å². The van der Waals surface area contributed by atoms with Crippen LogP contribution < -0.4 is 5.32 Å². The van der Waals surface area contributed by atoms with Crippen LogP contribution in [0.25, 0.3) is 0 Å². The summed E-state index contributed by atoms with van der Waals surface area (Å²) in [5, 5.41) is 11.8. The minimum Gasteiger partial charge on any atom is -0.480 e. The minimum atomic E-state index is -0.946. The number of aliphatic carboxylic acids is 1. The highest BCUT2D eigenvalue weighted by Crippen LogP contribution is 2.24. The van der Waals surface area contributed by atoms with Crippen LogP contribution >= 0.6 is 0 Å². The van der Waals surface area contributed by atoms with Crippen molar-refractivity contribution in [2.24, 2.45) is 5.92 Å². The van der Waals surface area contributed by atoms with E-state index in [0.29, 0.717) is 13.1 Å². The number of amides is 2. The first-order valence-corrected chi connectivity index (χ1v) is 5.88. The highest BCUT2D eigenvalue weighted by molar-refractivity contribution is 5.83. The first kappa shape index (κ1) is 12.5. The molecule has 1 saturated heterocycles. The smallest absolute Gasteiger partial charge is 0.326 e. The van der Waals surface area contributed by atoms with Gasteiger partial charge in [0.05, 0.1) is 12.5 Å². The third-order valence-electron chi connectivity index (χ3n) is 3.24. The highest BCUT2D eigenvalue weighted by atomic mass is 16.4. The number of rotatable bonds is 3. The molecule has 0 aromatic carbocycles. The van der Waals surface area contributed by atoms with Gasteiger partial charge in [-0.3, -0.25) is 0 Å². The van der Waals surface area contributed by atoms with Crippen LogP contribution in [0.5, 0.6) is 0 Å². The predicted octanol–water partition coefficient (Wildman–Crippen LogP) is 1.28. The normalized spacial score (nSPS) is 23.1. The zero-order valence-corrected chi connectivity index (χ0v) is 10.1. The van der Waals surface area contributed by atoms with Crippen molar-refractivity contribution >= 4 is 12.0 Å². The van der Waals surface area contributed by atoms with Crippen molar-refractivity contribution in [1.29, 1.82) is 0 Å². The summed E-state index contributed by atoms with van der Waals surface area (Å²) in [4.78, 5) is 24.4. The molecule has 2 atom stereocenters. The maximum Gasteiger partial charge on any atom is 0.326 e. The van der Waals surface area contributed by atoms with Crippen molar-refractivity contribution in [1.82, 2.24) is 10.2 Å². The van der Waals surface area contributed by atoms with E-state index in [1.165, 1.54) is 11.2 Å². The van der Waals surface area contributed by atoms with E-state index < -0.39 is 12.0 Å². The highest BCUT2D eigenvalue weighted by Gasteiger charge is 2.39. The van der Waals surface area contributed by atoms with Crippen LogP contribution in [0, 0.1) is 5.92 Å². The molecular weight excluding hydrogens is 236 g/mol. The number of nitrogens with one attached hydrogen (secondary N) is 1. The third-order valence-corrected chi connectivity index (χ3v) is 3.24. The summed E-state index contributed by atoms with van der Waals surface area (Å²) in [5.74, 6) is -0.958. The van der Waals surface area contributed by atoms with Crippen LogP contribution in [0.3, 0.4) is 0 Å². The van der Waals surface area contributed by atoms with Gasteiger partial charge in [-0.05, 0) is 18.4 Å². The van der Waals surface area contributed by atoms with Gasteiger partial charge in [-0.1, -0.05) is 6.92 Å². The summed E-state index contributed by atoms with van der Waals surface area (Å²) >= 11 is 0. The zero-order valence-electron chi connectivity index (χ0n) is 10.1. The molecule has 2 unspecified atom stereocenters. The summed E-state index contributed by atoms with van der Waals surface area (Å²) < 4.78 is 4.89. The number of carbonyl (C=O) groups is 2. The molecule has 2 amide bonds. The summed E-state index contributed by atoms with van der Waals surface area (Å²) in [7, 11) is 0. The minimum absolute atomic E-state index is 0.0119. The number of carbonyl (C=O) groups excluding carboxylic acids is 1. The van der Waals surface area contributed by atoms with Gasteiger partial charge in [-0.2, -0.15) is 0 Å². The Bertz CT molecular complexity index is 429.